The van der Waals surface area contributed by atoms with Gasteiger partial charge >= 0.3 is 5.97 Å². The van der Waals surface area contributed by atoms with Crippen molar-refractivity contribution in [1.82, 2.24) is 14.9 Å². The summed E-state index contributed by atoms with van der Waals surface area (Å²) in [6.45, 7) is -0.623. The smallest absolute Gasteiger partial charge is 0.326 e. The lowest BCUT2D eigenvalue weighted by atomic mass is 9.85. The highest BCUT2D eigenvalue weighted by atomic mass is 32.1. The molecule has 0 radical (unpaired) electrons. The van der Waals surface area contributed by atoms with Crippen LogP contribution in [-0.4, -0.2) is 39.2 Å². The largest absolute Gasteiger partial charge is 0.456 e. The molecule has 0 saturated carbocycles. The molecular formula is C20H19N3O5S. The fourth-order valence-corrected chi connectivity index (χ4v) is 5.74. The van der Waals surface area contributed by atoms with E-state index >= 15 is 0 Å². The molecule has 2 atom stereocenters. The van der Waals surface area contributed by atoms with Crippen LogP contribution in [0.2, 0.25) is 0 Å². The van der Waals surface area contributed by atoms with Crippen LogP contribution in [0.15, 0.2) is 16.9 Å². The quantitative estimate of drug-likeness (QED) is 0.462. The third kappa shape index (κ3) is 3.00. The Balaban J connectivity index is 1.26. The number of aromatic nitrogens is 2. The van der Waals surface area contributed by atoms with Gasteiger partial charge in [-0.15, -0.1) is 11.3 Å². The number of fused-ring (bicyclic) bond motifs is 4. The predicted molar refractivity (Wildman–Crippen MR) is 104 cm³/mol. The standard InChI is InChI=1S/C20H19N3O5S/c24-15(8-23-19(26)10-4-1-2-5-11(10)20(23)27)28-9-14-21-17(25)16-12-6-3-7-13(12)29-18(16)22-14/h1-2,10-11H,3-9H2,(H,21,22,25)/t10-,11+. The van der Waals surface area contributed by atoms with Crippen LogP contribution in [0.25, 0.3) is 10.2 Å². The number of aryl methyl sites for hydroxylation is 2. The molecule has 0 unspecified atom stereocenters. The van der Waals surface area contributed by atoms with Crippen molar-refractivity contribution in [2.24, 2.45) is 11.8 Å². The number of amides is 2. The molecule has 5 rings (SSSR count). The van der Waals surface area contributed by atoms with Gasteiger partial charge in [-0.05, 0) is 37.7 Å². The highest BCUT2D eigenvalue weighted by Crippen LogP contribution is 2.35. The monoisotopic (exact) mass is 413 g/mol. The number of thiophene rings is 1. The number of aromatic amines is 1. The molecule has 3 aliphatic rings. The Bertz CT molecular complexity index is 1110. The van der Waals surface area contributed by atoms with Crippen molar-refractivity contribution in [3.05, 3.63) is 38.8 Å². The second-order valence-corrected chi connectivity index (χ2v) is 8.71. The second-order valence-electron chi connectivity index (χ2n) is 7.63. The van der Waals surface area contributed by atoms with Gasteiger partial charge in [0.2, 0.25) is 11.8 Å². The minimum Gasteiger partial charge on any atom is -0.456 e. The van der Waals surface area contributed by atoms with Gasteiger partial charge < -0.3 is 9.72 Å². The summed E-state index contributed by atoms with van der Waals surface area (Å²) < 4.78 is 5.19. The normalized spacial score (nSPS) is 23.0. The molecule has 2 amide bonds. The van der Waals surface area contributed by atoms with E-state index in [1.165, 1.54) is 16.2 Å². The van der Waals surface area contributed by atoms with Crippen molar-refractivity contribution >= 4 is 39.3 Å². The third-order valence-corrected chi connectivity index (χ3v) is 7.07. The maximum absolute atomic E-state index is 12.4. The van der Waals surface area contributed by atoms with E-state index in [2.05, 4.69) is 9.97 Å². The Morgan fingerprint density at radius 3 is 2.62 bits per heavy atom. The van der Waals surface area contributed by atoms with Gasteiger partial charge in [-0.3, -0.25) is 24.1 Å². The number of nitrogens with one attached hydrogen (secondary N) is 1. The average Bonchev–Trinajstić information content (AvgIpc) is 3.35. The summed E-state index contributed by atoms with van der Waals surface area (Å²) in [6, 6.07) is 0. The molecule has 1 aliphatic heterocycles. The lowest BCUT2D eigenvalue weighted by molar-refractivity contribution is -0.154. The number of hydrogen-bond acceptors (Lipinski definition) is 7. The van der Waals surface area contributed by atoms with Crippen LogP contribution >= 0.6 is 11.3 Å². The fraction of sp³-hybridized carbons (Fsp3) is 0.450. The summed E-state index contributed by atoms with van der Waals surface area (Å²) in [5.41, 5.74) is 0.867. The van der Waals surface area contributed by atoms with Gasteiger partial charge in [0.15, 0.2) is 0 Å². The Morgan fingerprint density at radius 2 is 1.90 bits per heavy atom. The summed E-state index contributed by atoms with van der Waals surface area (Å²) in [7, 11) is 0. The third-order valence-electron chi connectivity index (χ3n) is 5.88. The number of ether oxygens (including phenoxy) is 1. The number of H-pyrrole nitrogens is 1. The molecule has 3 heterocycles. The molecule has 1 fully saturated rings. The van der Waals surface area contributed by atoms with Crippen LogP contribution in [0.5, 0.6) is 0 Å². The number of esters is 1. The van der Waals surface area contributed by atoms with Crippen LogP contribution in [0.4, 0.5) is 0 Å². The van der Waals surface area contributed by atoms with E-state index in [9.17, 15) is 19.2 Å². The topological polar surface area (TPSA) is 109 Å². The van der Waals surface area contributed by atoms with Gasteiger partial charge in [0.1, 0.15) is 23.8 Å². The van der Waals surface area contributed by atoms with Crippen molar-refractivity contribution in [2.75, 3.05) is 6.54 Å². The van der Waals surface area contributed by atoms with Crippen LogP contribution in [0, 0.1) is 11.8 Å². The van der Waals surface area contributed by atoms with E-state index < -0.39 is 12.5 Å². The summed E-state index contributed by atoms with van der Waals surface area (Å²) in [5, 5.41) is 0.641. The summed E-state index contributed by atoms with van der Waals surface area (Å²) in [4.78, 5) is 59.5. The number of nitrogens with zero attached hydrogens (tertiary/aromatic N) is 2. The first-order chi connectivity index (χ1) is 14.0. The molecule has 0 aromatic carbocycles. The molecule has 2 aromatic heterocycles. The Kier molecular flexibility index (Phi) is 4.34. The molecule has 150 valence electrons. The summed E-state index contributed by atoms with van der Waals surface area (Å²) in [5.74, 6) is -1.82. The lowest BCUT2D eigenvalue weighted by Gasteiger charge is -2.14. The van der Waals surface area contributed by atoms with E-state index in [4.69, 9.17) is 4.74 Å². The van der Waals surface area contributed by atoms with E-state index in [1.54, 1.807) is 0 Å². The van der Waals surface area contributed by atoms with Gasteiger partial charge in [-0.25, -0.2) is 4.98 Å². The number of hydrogen-bond donors (Lipinski definition) is 1. The predicted octanol–water partition coefficient (Wildman–Crippen LogP) is 1.47. The zero-order valence-corrected chi connectivity index (χ0v) is 16.4. The molecule has 8 nitrogen and oxygen atoms in total. The first-order valence-corrected chi connectivity index (χ1v) is 10.5. The van der Waals surface area contributed by atoms with Crippen LogP contribution in [0.1, 0.15) is 35.5 Å². The van der Waals surface area contributed by atoms with Crippen LogP contribution in [-0.2, 0) is 38.6 Å². The van der Waals surface area contributed by atoms with Crippen molar-refractivity contribution in [2.45, 2.75) is 38.7 Å². The highest BCUT2D eigenvalue weighted by molar-refractivity contribution is 7.18. The van der Waals surface area contributed by atoms with E-state index in [0.29, 0.717) is 23.1 Å². The number of imide groups is 1. The zero-order chi connectivity index (χ0) is 20.1. The van der Waals surface area contributed by atoms with Gasteiger partial charge in [0, 0.05) is 4.88 Å². The van der Waals surface area contributed by atoms with Crippen molar-refractivity contribution in [3.8, 4) is 0 Å². The minimum atomic E-state index is -0.699. The Hall–Kier alpha value is -2.81. The molecule has 1 saturated heterocycles. The minimum absolute atomic E-state index is 0.211. The van der Waals surface area contributed by atoms with Crippen LogP contribution in [0.3, 0.4) is 0 Å². The first kappa shape index (κ1) is 18.2. The molecule has 9 heteroatoms. The lowest BCUT2D eigenvalue weighted by Crippen LogP contribution is -2.36. The number of carbonyl (C=O) groups excluding carboxylic acids is 3. The number of allylic oxidation sites excluding steroid dienone is 2. The molecular weight excluding hydrogens is 394 g/mol. The van der Waals surface area contributed by atoms with Crippen molar-refractivity contribution in [1.29, 1.82) is 0 Å². The summed E-state index contributed by atoms with van der Waals surface area (Å²) >= 11 is 1.51. The first-order valence-electron chi connectivity index (χ1n) is 9.72. The number of carbonyl (C=O) groups is 3. The van der Waals surface area contributed by atoms with E-state index in [-0.39, 0.29) is 41.6 Å². The second kappa shape index (κ2) is 6.91. The molecule has 0 bridgehead atoms. The molecule has 1 N–H and O–H groups in total. The highest BCUT2D eigenvalue weighted by Gasteiger charge is 2.47. The van der Waals surface area contributed by atoms with Crippen LogP contribution < -0.4 is 5.56 Å². The van der Waals surface area contributed by atoms with Gasteiger partial charge in [0.05, 0.1) is 17.2 Å². The average molecular weight is 413 g/mol. The molecule has 0 spiro atoms. The molecule has 2 aromatic rings. The Morgan fingerprint density at radius 1 is 1.17 bits per heavy atom. The van der Waals surface area contributed by atoms with E-state index in [1.807, 2.05) is 12.2 Å². The Labute approximate surface area is 169 Å². The number of likely N-dealkylation sites (tertiary alicyclic amines) is 1. The maximum atomic E-state index is 12.4. The molecule has 2 aliphatic carbocycles. The van der Waals surface area contributed by atoms with Gasteiger partial charge in [0.25, 0.3) is 5.56 Å². The number of rotatable bonds is 4. The van der Waals surface area contributed by atoms with Gasteiger partial charge in [-0.2, -0.15) is 0 Å². The SMILES string of the molecule is O=C(CN1C(=O)[C@H]2CC=CC[C@H]2C1=O)OCc1nc2sc3c(c2c(=O)[nH]1)CCC3. The summed E-state index contributed by atoms with van der Waals surface area (Å²) in [6.07, 6.45) is 7.76. The molecule has 29 heavy (non-hydrogen) atoms. The zero-order valence-electron chi connectivity index (χ0n) is 15.6. The van der Waals surface area contributed by atoms with Crippen molar-refractivity contribution in [3.63, 3.8) is 0 Å². The van der Waals surface area contributed by atoms with Gasteiger partial charge in [-0.1, -0.05) is 12.2 Å². The van der Waals surface area contributed by atoms with Crippen molar-refractivity contribution < 1.29 is 19.1 Å². The maximum Gasteiger partial charge on any atom is 0.326 e. The fourth-order valence-electron chi connectivity index (χ4n) is 4.46. The van der Waals surface area contributed by atoms with E-state index in [0.717, 1.165) is 29.7 Å².